The number of carboxylic acid groups (broad SMARTS) is 1. The van der Waals surface area contributed by atoms with Crippen LogP contribution in [0.2, 0.25) is 0 Å². The molecule has 4 nitrogen and oxygen atoms in total. The minimum atomic E-state index is -2.86. The maximum absolute atomic E-state index is 12.1. The molecule has 98 valence electrons. The topological polar surface area (TPSA) is 58.6 Å². The molecule has 0 aromatic heterocycles. The maximum Gasteiger partial charge on any atom is 0.387 e. The van der Waals surface area contributed by atoms with Gasteiger partial charge in [0.05, 0.1) is 5.37 Å². The molecule has 18 heavy (non-hydrogen) atoms. The fourth-order valence-electron chi connectivity index (χ4n) is 1.66. The van der Waals surface area contributed by atoms with Gasteiger partial charge in [-0.1, -0.05) is 12.1 Å². The predicted molar refractivity (Wildman–Crippen MR) is 62.8 cm³/mol. The van der Waals surface area contributed by atoms with Gasteiger partial charge in [-0.05, 0) is 17.7 Å². The Labute approximate surface area is 106 Å². The van der Waals surface area contributed by atoms with E-state index in [1.807, 2.05) is 0 Å². The van der Waals surface area contributed by atoms with Crippen LogP contribution in [-0.4, -0.2) is 29.5 Å². The number of halogens is 2. The number of ether oxygens (including phenoxy) is 1. The van der Waals surface area contributed by atoms with Crippen LogP contribution < -0.4 is 10.1 Å². The van der Waals surface area contributed by atoms with E-state index in [1.165, 1.54) is 23.9 Å². The van der Waals surface area contributed by atoms with Crippen LogP contribution in [-0.2, 0) is 4.79 Å². The lowest BCUT2D eigenvalue weighted by Crippen LogP contribution is -2.33. The quantitative estimate of drug-likeness (QED) is 0.881. The molecule has 2 N–H and O–H groups in total. The molecule has 1 aliphatic rings. The van der Waals surface area contributed by atoms with E-state index in [-0.39, 0.29) is 11.1 Å². The van der Waals surface area contributed by atoms with Crippen molar-refractivity contribution in [2.75, 3.05) is 5.75 Å². The number of thioether (sulfide) groups is 1. The molecule has 1 aromatic carbocycles. The SMILES string of the molecule is O=C(O)[C@H]1CSC(c2cccc(OC(F)F)c2)N1. The summed E-state index contributed by atoms with van der Waals surface area (Å²) < 4.78 is 28.5. The molecule has 0 saturated carbocycles. The van der Waals surface area contributed by atoms with Gasteiger partial charge in [-0.2, -0.15) is 8.78 Å². The van der Waals surface area contributed by atoms with Crippen LogP contribution in [0.15, 0.2) is 24.3 Å². The van der Waals surface area contributed by atoms with Gasteiger partial charge in [0.2, 0.25) is 0 Å². The lowest BCUT2D eigenvalue weighted by atomic mass is 10.2. The largest absolute Gasteiger partial charge is 0.480 e. The summed E-state index contributed by atoms with van der Waals surface area (Å²) in [5.74, 6) is -0.395. The van der Waals surface area contributed by atoms with Crippen molar-refractivity contribution in [2.24, 2.45) is 0 Å². The third-order valence-corrected chi connectivity index (χ3v) is 3.73. The van der Waals surface area contributed by atoms with Gasteiger partial charge in [0, 0.05) is 5.75 Å². The highest BCUT2D eigenvalue weighted by Crippen LogP contribution is 2.34. The third-order valence-electron chi connectivity index (χ3n) is 2.47. The predicted octanol–water partition coefficient (Wildman–Crippen LogP) is 2.08. The Morgan fingerprint density at radius 2 is 2.33 bits per heavy atom. The minimum Gasteiger partial charge on any atom is -0.480 e. The smallest absolute Gasteiger partial charge is 0.387 e. The lowest BCUT2D eigenvalue weighted by molar-refractivity contribution is -0.138. The summed E-state index contributed by atoms with van der Waals surface area (Å²) in [7, 11) is 0. The highest BCUT2D eigenvalue weighted by molar-refractivity contribution is 7.99. The molecule has 1 unspecified atom stereocenters. The second-order valence-electron chi connectivity index (χ2n) is 3.72. The number of hydrogen-bond acceptors (Lipinski definition) is 4. The molecular weight excluding hydrogens is 264 g/mol. The highest BCUT2D eigenvalue weighted by atomic mass is 32.2. The van der Waals surface area contributed by atoms with Crippen molar-refractivity contribution >= 4 is 17.7 Å². The van der Waals surface area contributed by atoms with Crippen molar-refractivity contribution in [3.63, 3.8) is 0 Å². The highest BCUT2D eigenvalue weighted by Gasteiger charge is 2.30. The van der Waals surface area contributed by atoms with Gasteiger partial charge < -0.3 is 9.84 Å². The lowest BCUT2D eigenvalue weighted by Gasteiger charge is -2.12. The van der Waals surface area contributed by atoms with Gasteiger partial charge in [-0.3, -0.25) is 10.1 Å². The Kier molecular flexibility index (Phi) is 4.03. The van der Waals surface area contributed by atoms with Gasteiger partial charge in [-0.15, -0.1) is 11.8 Å². The zero-order valence-corrected chi connectivity index (χ0v) is 9.99. The summed E-state index contributed by atoms with van der Waals surface area (Å²) in [5.41, 5.74) is 0.724. The summed E-state index contributed by atoms with van der Waals surface area (Å²) in [5, 5.41) is 11.5. The van der Waals surface area contributed by atoms with Crippen LogP contribution >= 0.6 is 11.8 Å². The molecule has 0 spiro atoms. The Bertz CT molecular complexity index is 444. The molecule has 1 fully saturated rings. The first-order chi connectivity index (χ1) is 8.56. The van der Waals surface area contributed by atoms with Crippen molar-refractivity contribution in [2.45, 2.75) is 18.0 Å². The normalized spacial score (nSPS) is 23.3. The van der Waals surface area contributed by atoms with Gasteiger partial charge in [0.15, 0.2) is 0 Å². The average molecular weight is 275 g/mol. The molecule has 2 rings (SSSR count). The fourth-order valence-corrected chi connectivity index (χ4v) is 2.88. The Morgan fingerprint density at radius 3 is 2.94 bits per heavy atom. The summed E-state index contributed by atoms with van der Waals surface area (Å²) in [6.45, 7) is -2.86. The molecule has 1 saturated heterocycles. The van der Waals surface area contributed by atoms with E-state index in [2.05, 4.69) is 10.1 Å². The molecule has 0 amide bonds. The van der Waals surface area contributed by atoms with E-state index in [0.29, 0.717) is 5.75 Å². The van der Waals surface area contributed by atoms with E-state index in [1.54, 1.807) is 12.1 Å². The van der Waals surface area contributed by atoms with E-state index in [4.69, 9.17) is 5.11 Å². The second-order valence-corrected chi connectivity index (χ2v) is 4.86. The number of aliphatic carboxylic acids is 1. The van der Waals surface area contributed by atoms with Crippen LogP contribution in [0.5, 0.6) is 5.75 Å². The van der Waals surface area contributed by atoms with E-state index in [0.717, 1.165) is 5.56 Å². The number of benzene rings is 1. The molecule has 0 aliphatic carbocycles. The maximum atomic E-state index is 12.1. The summed E-state index contributed by atoms with van der Waals surface area (Å²) in [6.07, 6.45) is 0. The number of carboxylic acids is 1. The average Bonchev–Trinajstić information content (AvgIpc) is 2.77. The van der Waals surface area contributed by atoms with Gasteiger partial charge >= 0.3 is 12.6 Å². The number of rotatable bonds is 4. The van der Waals surface area contributed by atoms with Gasteiger partial charge in [0.25, 0.3) is 0 Å². The zero-order chi connectivity index (χ0) is 13.1. The van der Waals surface area contributed by atoms with E-state index >= 15 is 0 Å². The molecule has 1 heterocycles. The summed E-state index contributed by atoms with van der Waals surface area (Å²) in [6, 6.07) is 5.65. The van der Waals surface area contributed by atoms with Crippen molar-refractivity contribution in [1.82, 2.24) is 5.32 Å². The van der Waals surface area contributed by atoms with Crippen molar-refractivity contribution < 1.29 is 23.4 Å². The zero-order valence-electron chi connectivity index (χ0n) is 9.18. The Morgan fingerprint density at radius 1 is 1.56 bits per heavy atom. The standard InChI is InChI=1S/C11H11F2NO3S/c12-11(13)17-7-3-1-2-6(4-7)9-14-8(5-18-9)10(15)16/h1-4,8-9,11,14H,5H2,(H,15,16)/t8-,9?/m1/s1. The summed E-state index contributed by atoms with van der Waals surface area (Å²) in [4.78, 5) is 10.8. The van der Waals surface area contributed by atoms with Gasteiger partial charge in [0.1, 0.15) is 11.8 Å². The van der Waals surface area contributed by atoms with Crippen LogP contribution in [0.3, 0.4) is 0 Å². The molecule has 2 atom stereocenters. The van der Waals surface area contributed by atoms with Crippen molar-refractivity contribution in [1.29, 1.82) is 0 Å². The summed E-state index contributed by atoms with van der Waals surface area (Å²) >= 11 is 1.42. The molecular formula is C11H11F2NO3S. The molecule has 1 aliphatic heterocycles. The number of carbonyl (C=O) groups is 1. The number of alkyl halides is 2. The number of hydrogen-bond donors (Lipinski definition) is 2. The van der Waals surface area contributed by atoms with E-state index < -0.39 is 18.6 Å². The molecule has 7 heteroatoms. The first-order valence-electron chi connectivity index (χ1n) is 5.21. The second kappa shape index (κ2) is 5.53. The van der Waals surface area contributed by atoms with Crippen LogP contribution in [0.4, 0.5) is 8.78 Å². The van der Waals surface area contributed by atoms with Crippen LogP contribution in [0, 0.1) is 0 Å². The van der Waals surface area contributed by atoms with Crippen LogP contribution in [0.1, 0.15) is 10.9 Å². The first-order valence-corrected chi connectivity index (χ1v) is 6.26. The fraction of sp³-hybridized carbons (Fsp3) is 0.364. The van der Waals surface area contributed by atoms with E-state index in [9.17, 15) is 13.6 Å². The molecule has 1 aromatic rings. The third kappa shape index (κ3) is 3.11. The molecule has 0 radical (unpaired) electrons. The minimum absolute atomic E-state index is 0.0728. The van der Waals surface area contributed by atoms with Crippen molar-refractivity contribution in [3.8, 4) is 5.75 Å². The number of nitrogens with one attached hydrogen (secondary N) is 1. The Hall–Kier alpha value is -1.34. The van der Waals surface area contributed by atoms with Gasteiger partial charge in [-0.25, -0.2) is 0 Å². The molecule has 0 bridgehead atoms. The van der Waals surface area contributed by atoms with Crippen LogP contribution in [0.25, 0.3) is 0 Å². The monoisotopic (exact) mass is 275 g/mol. The van der Waals surface area contributed by atoms with Crippen molar-refractivity contribution in [3.05, 3.63) is 29.8 Å². The Balaban J connectivity index is 2.07. The first kappa shape index (κ1) is 13.1.